The van der Waals surface area contributed by atoms with Crippen molar-refractivity contribution in [2.24, 2.45) is 5.92 Å². The van der Waals surface area contributed by atoms with Crippen molar-refractivity contribution in [3.05, 3.63) is 0 Å². The van der Waals surface area contributed by atoms with Crippen molar-refractivity contribution in [2.75, 3.05) is 20.6 Å². The van der Waals surface area contributed by atoms with Crippen LogP contribution in [-0.2, 0) is 0 Å². The third-order valence-corrected chi connectivity index (χ3v) is 3.14. The van der Waals surface area contributed by atoms with Crippen LogP contribution in [0.4, 0.5) is 0 Å². The lowest BCUT2D eigenvalue weighted by atomic mass is 9.90. The van der Waals surface area contributed by atoms with Gasteiger partial charge in [0.05, 0.1) is 0 Å². The second-order valence-corrected chi connectivity index (χ2v) is 4.71. The molecule has 0 spiro atoms. The predicted octanol–water partition coefficient (Wildman–Crippen LogP) is 1.71. The Bertz CT molecular complexity index is 145. The largest absolute Gasteiger partial charge is 0.315 e. The molecule has 0 aliphatic carbocycles. The van der Waals surface area contributed by atoms with Crippen LogP contribution in [0.5, 0.6) is 0 Å². The smallest absolute Gasteiger partial charge is 0.0248 e. The Morgan fingerprint density at radius 2 is 2.15 bits per heavy atom. The lowest BCUT2D eigenvalue weighted by Gasteiger charge is -2.40. The molecule has 1 fully saturated rings. The maximum atomic E-state index is 3.45. The van der Waals surface area contributed by atoms with Gasteiger partial charge in [0.1, 0.15) is 0 Å². The maximum Gasteiger partial charge on any atom is 0.0248 e. The molecule has 78 valence electrons. The van der Waals surface area contributed by atoms with Crippen LogP contribution in [0, 0.1) is 5.92 Å². The molecule has 1 saturated heterocycles. The van der Waals surface area contributed by atoms with Crippen molar-refractivity contribution in [1.29, 1.82) is 0 Å². The molecule has 1 aliphatic rings. The molecule has 1 aliphatic heterocycles. The van der Waals surface area contributed by atoms with Gasteiger partial charge in [-0.25, -0.2) is 0 Å². The summed E-state index contributed by atoms with van der Waals surface area (Å²) in [6, 6.07) is 1.46. The van der Waals surface area contributed by atoms with Gasteiger partial charge in [0, 0.05) is 12.1 Å². The van der Waals surface area contributed by atoms with Crippen molar-refractivity contribution in [3.63, 3.8) is 0 Å². The fourth-order valence-corrected chi connectivity index (χ4v) is 2.39. The Balaban J connectivity index is 2.51. The van der Waals surface area contributed by atoms with Gasteiger partial charge < -0.3 is 10.2 Å². The predicted molar refractivity (Wildman–Crippen MR) is 58.0 cm³/mol. The van der Waals surface area contributed by atoms with Gasteiger partial charge in [-0.15, -0.1) is 0 Å². The zero-order chi connectivity index (χ0) is 9.84. The summed E-state index contributed by atoms with van der Waals surface area (Å²) in [6.07, 6.45) is 4.01. The standard InChI is InChI=1S/C11H24N2/c1-9(2)8-11-10(12-3)6-5-7-13(11)4/h9-12H,5-8H2,1-4H3. The van der Waals surface area contributed by atoms with E-state index in [4.69, 9.17) is 0 Å². The second-order valence-electron chi connectivity index (χ2n) is 4.71. The quantitative estimate of drug-likeness (QED) is 0.718. The molecule has 0 bridgehead atoms. The minimum atomic E-state index is 0.709. The monoisotopic (exact) mass is 184 g/mol. The molecule has 1 rings (SSSR count). The number of hydrogen-bond acceptors (Lipinski definition) is 2. The van der Waals surface area contributed by atoms with E-state index in [1.807, 2.05) is 0 Å². The van der Waals surface area contributed by atoms with Crippen LogP contribution >= 0.6 is 0 Å². The Kier molecular flexibility index (Phi) is 4.20. The number of nitrogens with zero attached hydrogens (tertiary/aromatic N) is 1. The number of hydrogen-bond donors (Lipinski definition) is 1. The molecule has 0 aromatic carbocycles. The molecule has 13 heavy (non-hydrogen) atoms. The molecule has 2 heteroatoms. The minimum absolute atomic E-state index is 0.709. The SMILES string of the molecule is CNC1CCCN(C)C1CC(C)C. The summed E-state index contributed by atoms with van der Waals surface area (Å²) in [7, 11) is 4.35. The Hall–Kier alpha value is -0.0800. The van der Waals surface area contributed by atoms with E-state index in [0.717, 1.165) is 12.0 Å². The van der Waals surface area contributed by atoms with Gasteiger partial charge in [-0.2, -0.15) is 0 Å². The van der Waals surface area contributed by atoms with Crippen LogP contribution in [-0.4, -0.2) is 37.6 Å². The normalized spacial score (nSPS) is 31.2. The van der Waals surface area contributed by atoms with E-state index >= 15 is 0 Å². The Morgan fingerprint density at radius 1 is 1.46 bits per heavy atom. The molecule has 2 unspecified atom stereocenters. The average Bonchev–Trinajstić information content (AvgIpc) is 2.08. The number of nitrogens with one attached hydrogen (secondary N) is 1. The Morgan fingerprint density at radius 3 is 2.69 bits per heavy atom. The summed E-state index contributed by atoms with van der Waals surface area (Å²) in [4.78, 5) is 2.52. The molecule has 0 saturated carbocycles. The second kappa shape index (κ2) is 4.97. The third kappa shape index (κ3) is 2.96. The minimum Gasteiger partial charge on any atom is -0.315 e. The van der Waals surface area contributed by atoms with Crippen LogP contribution in [0.1, 0.15) is 33.1 Å². The summed E-state index contributed by atoms with van der Waals surface area (Å²) in [5.41, 5.74) is 0. The first-order chi connectivity index (χ1) is 6.15. The van der Waals surface area contributed by atoms with Crippen molar-refractivity contribution in [3.8, 4) is 0 Å². The van der Waals surface area contributed by atoms with Gasteiger partial charge in [-0.05, 0) is 45.8 Å². The van der Waals surface area contributed by atoms with Crippen LogP contribution < -0.4 is 5.32 Å². The van der Waals surface area contributed by atoms with Crippen molar-refractivity contribution < 1.29 is 0 Å². The fraction of sp³-hybridized carbons (Fsp3) is 1.00. The highest BCUT2D eigenvalue weighted by molar-refractivity contribution is 4.87. The molecule has 0 amide bonds. The zero-order valence-electron chi connectivity index (χ0n) is 9.51. The van der Waals surface area contributed by atoms with Crippen LogP contribution in [0.15, 0.2) is 0 Å². The number of piperidine rings is 1. The van der Waals surface area contributed by atoms with E-state index in [9.17, 15) is 0 Å². The average molecular weight is 184 g/mol. The first kappa shape index (κ1) is 11.0. The van der Waals surface area contributed by atoms with Gasteiger partial charge in [0.2, 0.25) is 0 Å². The van der Waals surface area contributed by atoms with Gasteiger partial charge in [0.25, 0.3) is 0 Å². The van der Waals surface area contributed by atoms with Gasteiger partial charge in [-0.3, -0.25) is 0 Å². The summed E-state index contributed by atoms with van der Waals surface area (Å²) in [5.74, 6) is 0.807. The number of rotatable bonds is 3. The van der Waals surface area contributed by atoms with Crippen molar-refractivity contribution >= 4 is 0 Å². The molecular weight excluding hydrogens is 160 g/mol. The topological polar surface area (TPSA) is 15.3 Å². The maximum absolute atomic E-state index is 3.45. The van der Waals surface area contributed by atoms with Crippen molar-refractivity contribution in [1.82, 2.24) is 10.2 Å². The van der Waals surface area contributed by atoms with E-state index in [-0.39, 0.29) is 0 Å². The first-order valence-corrected chi connectivity index (χ1v) is 5.52. The zero-order valence-corrected chi connectivity index (χ0v) is 9.51. The molecule has 0 aromatic heterocycles. The molecule has 1 N–H and O–H groups in total. The summed E-state index contributed by atoms with van der Waals surface area (Å²) in [6.45, 7) is 5.90. The van der Waals surface area contributed by atoms with E-state index in [2.05, 4.69) is 38.2 Å². The lowest BCUT2D eigenvalue weighted by molar-refractivity contribution is 0.126. The lowest BCUT2D eigenvalue weighted by Crippen LogP contribution is -2.51. The summed E-state index contributed by atoms with van der Waals surface area (Å²) < 4.78 is 0. The molecule has 2 nitrogen and oxygen atoms in total. The Labute approximate surface area is 82.7 Å². The summed E-state index contributed by atoms with van der Waals surface area (Å²) in [5, 5.41) is 3.45. The molecule has 2 atom stereocenters. The van der Waals surface area contributed by atoms with Crippen LogP contribution in [0.25, 0.3) is 0 Å². The highest BCUT2D eigenvalue weighted by Crippen LogP contribution is 2.21. The van der Waals surface area contributed by atoms with E-state index in [1.54, 1.807) is 0 Å². The number of likely N-dealkylation sites (tertiary alicyclic amines) is 1. The molecule has 1 heterocycles. The summed E-state index contributed by atoms with van der Waals surface area (Å²) >= 11 is 0. The fourth-order valence-electron chi connectivity index (χ4n) is 2.39. The number of likely N-dealkylation sites (N-methyl/N-ethyl adjacent to an activating group) is 2. The van der Waals surface area contributed by atoms with Crippen LogP contribution in [0.3, 0.4) is 0 Å². The first-order valence-electron chi connectivity index (χ1n) is 5.52. The van der Waals surface area contributed by atoms with E-state index in [0.29, 0.717) is 6.04 Å². The van der Waals surface area contributed by atoms with Crippen molar-refractivity contribution in [2.45, 2.75) is 45.2 Å². The molecule has 0 radical (unpaired) electrons. The third-order valence-electron chi connectivity index (χ3n) is 3.14. The molecule has 0 aromatic rings. The van der Waals surface area contributed by atoms with E-state index < -0.39 is 0 Å². The van der Waals surface area contributed by atoms with Gasteiger partial charge >= 0.3 is 0 Å². The van der Waals surface area contributed by atoms with E-state index in [1.165, 1.54) is 25.8 Å². The highest BCUT2D eigenvalue weighted by Gasteiger charge is 2.28. The van der Waals surface area contributed by atoms with Gasteiger partial charge in [0.15, 0.2) is 0 Å². The molecular formula is C11H24N2. The highest BCUT2D eigenvalue weighted by atomic mass is 15.2. The van der Waals surface area contributed by atoms with Gasteiger partial charge in [-0.1, -0.05) is 13.8 Å². The van der Waals surface area contributed by atoms with Crippen LogP contribution in [0.2, 0.25) is 0 Å².